The SMILES string of the molecule is O=C(O)C=CC1=COC(CC2=CC=CCC2)=CO1. The van der Waals surface area contributed by atoms with Crippen LogP contribution in [-0.4, -0.2) is 11.1 Å². The van der Waals surface area contributed by atoms with E-state index in [0.717, 1.165) is 31.1 Å². The van der Waals surface area contributed by atoms with Gasteiger partial charge in [0.25, 0.3) is 0 Å². The van der Waals surface area contributed by atoms with Crippen LogP contribution in [0.1, 0.15) is 19.3 Å². The zero-order valence-electron chi connectivity index (χ0n) is 9.83. The highest BCUT2D eigenvalue weighted by molar-refractivity contribution is 5.80. The molecule has 0 unspecified atom stereocenters. The number of hydrogen-bond acceptors (Lipinski definition) is 3. The van der Waals surface area contributed by atoms with Gasteiger partial charge in [-0.25, -0.2) is 4.79 Å². The summed E-state index contributed by atoms with van der Waals surface area (Å²) in [5.41, 5.74) is 1.30. The molecule has 0 aromatic rings. The van der Waals surface area contributed by atoms with E-state index in [1.807, 2.05) is 6.08 Å². The summed E-state index contributed by atoms with van der Waals surface area (Å²) < 4.78 is 10.7. The second-order valence-electron chi connectivity index (χ2n) is 3.98. The highest BCUT2D eigenvalue weighted by Gasteiger charge is 2.09. The molecule has 0 aromatic heterocycles. The summed E-state index contributed by atoms with van der Waals surface area (Å²) in [5.74, 6) is 0.0797. The van der Waals surface area contributed by atoms with E-state index in [1.165, 1.54) is 24.2 Å². The van der Waals surface area contributed by atoms with Gasteiger partial charge in [-0.15, -0.1) is 0 Å². The normalized spacial score (nSPS) is 18.6. The lowest BCUT2D eigenvalue weighted by Crippen LogP contribution is -2.00. The molecule has 0 spiro atoms. The van der Waals surface area contributed by atoms with Crippen molar-refractivity contribution < 1.29 is 19.4 Å². The van der Waals surface area contributed by atoms with Crippen molar-refractivity contribution in [1.82, 2.24) is 0 Å². The number of hydrogen-bond donors (Lipinski definition) is 1. The van der Waals surface area contributed by atoms with E-state index in [-0.39, 0.29) is 0 Å². The maximum atomic E-state index is 10.3. The van der Waals surface area contributed by atoms with Crippen LogP contribution in [0.4, 0.5) is 0 Å². The average molecular weight is 246 g/mol. The molecule has 4 nitrogen and oxygen atoms in total. The van der Waals surface area contributed by atoms with E-state index in [4.69, 9.17) is 14.6 Å². The minimum Gasteiger partial charge on any atom is -0.478 e. The molecule has 0 atom stereocenters. The van der Waals surface area contributed by atoms with Crippen molar-refractivity contribution in [3.8, 4) is 0 Å². The smallest absolute Gasteiger partial charge is 0.328 e. The first-order valence-corrected chi connectivity index (χ1v) is 5.72. The van der Waals surface area contributed by atoms with Gasteiger partial charge in [0, 0.05) is 12.5 Å². The van der Waals surface area contributed by atoms with Gasteiger partial charge in [-0.05, 0) is 18.9 Å². The molecule has 0 radical (unpaired) electrons. The number of rotatable bonds is 4. The van der Waals surface area contributed by atoms with Crippen molar-refractivity contribution in [1.29, 1.82) is 0 Å². The standard InChI is InChI=1S/C14H14O4/c15-14(16)7-6-12-9-18-13(10-17-12)8-11-4-2-1-3-5-11/h1-2,4,6-7,9-10H,3,5,8H2,(H,15,16). The van der Waals surface area contributed by atoms with Crippen molar-refractivity contribution >= 4 is 5.97 Å². The van der Waals surface area contributed by atoms with E-state index in [0.29, 0.717) is 5.76 Å². The largest absolute Gasteiger partial charge is 0.478 e. The van der Waals surface area contributed by atoms with Gasteiger partial charge in [0.1, 0.15) is 18.3 Å². The summed E-state index contributed by atoms with van der Waals surface area (Å²) >= 11 is 0. The van der Waals surface area contributed by atoms with Crippen LogP contribution < -0.4 is 0 Å². The molecule has 2 rings (SSSR count). The third-order valence-corrected chi connectivity index (χ3v) is 2.54. The van der Waals surface area contributed by atoms with Crippen LogP contribution in [0.5, 0.6) is 0 Å². The van der Waals surface area contributed by atoms with Crippen LogP contribution in [0, 0.1) is 0 Å². The number of carbonyl (C=O) groups is 1. The molecule has 0 aromatic carbocycles. The van der Waals surface area contributed by atoms with Crippen LogP contribution in [-0.2, 0) is 14.3 Å². The Kier molecular flexibility index (Phi) is 4.02. The molecule has 0 bridgehead atoms. The quantitative estimate of drug-likeness (QED) is 0.775. The molecule has 1 aliphatic carbocycles. The molecule has 1 N–H and O–H groups in total. The summed E-state index contributed by atoms with van der Waals surface area (Å²) in [7, 11) is 0. The Morgan fingerprint density at radius 3 is 2.89 bits per heavy atom. The second-order valence-corrected chi connectivity index (χ2v) is 3.98. The lowest BCUT2D eigenvalue weighted by molar-refractivity contribution is -0.131. The van der Waals surface area contributed by atoms with Gasteiger partial charge in [0.15, 0.2) is 5.76 Å². The Bertz CT molecular complexity index is 478. The first kappa shape index (κ1) is 12.2. The van der Waals surface area contributed by atoms with Gasteiger partial charge in [0.2, 0.25) is 0 Å². The van der Waals surface area contributed by atoms with Gasteiger partial charge in [-0.3, -0.25) is 0 Å². The molecular formula is C14H14O4. The molecular weight excluding hydrogens is 232 g/mol. The van der Waals surface area contributed by atoms with Crippen LogP contribution in [0.25, 0.3) is 0 Å². The van der Waals surface area contributed by atoms with Gasteiger partial charge in [-0.2, -0.15) is 0 Å². The topological polar surface area (TPSA) is 55.8 Å². The Hall–Kier alpha value is -2.23. The molecule has 0 saturated heterocycles. The van der Waals surface area contributed by atoms with Crippen molar-refractivity contribution in [2.75, 3.05) is 0 Å². The fraction of sp³-hybridized carbons (Fsp3) is 0.214. The molecule has 0 saturated carbocycles. The monoisotopic (exact) mass is 246 g/mol. The van der Waals surface area contributed by atoms with E-state index in [2.05, 4.69) is 12.2 Å². The zero-order chi connectivity index (χ0) is 12.8. The summed E-state index contributed by atoms with van der Waals surface area (Å²) in [5, 5.41) is 8.47. The second kappa shape index (κ2) is 5.91. The van der Waals surface area contributed by atoms with E-state index in [1.54, 1.807) is 0 Å². The van der Waals surface area contributed by atoms with Crippen LogP contribution >= 0.6 is 0 Å². The van der Waals surface area contributed by atoms with Crippen LogP contribution in [0.15, 0.2) is 60.0 Å². The lowest BCUT2D eigenvalue weighted by atomic mass is 10.0. The highest BCUT2D eigenvalue weighted by Crippen LogP contribution is 2.23. The lowest BCUT2D eigenvalue weighted by Gasteiger charge is -2.15. The molecule has 18 heavy (non-hydrogen) atoms. The summed E-state index contributed by atoms with van der Waals surface area (Å²) in [4.78, 5) is 10.3. The summed E-state index contributed by atoms with van der Waals surface area (Å²) in [6.07, 6.45) is 14.3. The number of carboxylic acids is 1. The third kappa shape index (κ3) is 3.66. The van der Waals surface area contributed by atoms with Crippen molar-refractivity contribution in [2.24, 2.45) is 0 Å². The van der Waals surface area contributed by atoms with Crippen molar-refractivity contribution in [3.05, 3.63) is 60.0 Å². The molecule has 2 aliphatic rings. The number of allylic oxidation sites excluding steroid dienone is 5. The Morgan fingerprint density at radius 2 is 2.28 bits per heavy atom. The Morgan fingerprint density at radius 1 is 1.39 bits per heavy atom. The molecule has 4 heteroatoms. The Balaban J connectivity index is 1.87. The highest BCUT2D eigenvalue weighted by atomic mass is 16.5. The van der Waals surface area contributed by atoms with Crippen molar-refractivity contribution in [2.45, 2.75) is 19.3 Å². The predicted molar refractivity (Wildman–Crippen MR) is 66.2 cm³/mol. The maximum Gasteiger partial charge on any atom is 0.328 e. The minimum atomic E-state index is -1.02. The maximum absolute atomic E-state index is 10.3. The first-order valence-electron chi connectivity index (χ1n) is 5.72. The molecule has 1 heterocycles. The number of ether oxygens (including phenoxy) is 2. The predicted octanol–water partition coefficient (Wildman–Crippen LogP) is 3.02. The average Bonchev–Trinajstić information content (AvgIpc) is 2.39. The van der Waals surface area contributed by atoms with Crippen LogP contribution in [0.3, 0.4) is 0 Å². The fourth-order valence-corrected chi connectivity index (χ4v) is 1.66. The van der Waals surface area contributed by atoms with E-state index >= 15 is 0 Å². The molecule has 1 aliphatic heterocycles. The summed E-state index contributed by atoms with van der Waals surface area (Å²) in [6, 6.07) is 0. The molecule has 94 valence electrons. The minimum absolute atomic E-state index is 0.374. The van der Waals surface area contributed by atoms with E-state index in [9.17, 15) is 4.79 Å². The van der Waals surface area contributed by atoms with Gasteiger partial charge >= 0.3 is 5.97 Å². The molecule has 0 fully saturated rings. The number of carboxylic acid groups (broad SMARTS) is 1. The van der Waals surface area contributed by atoms with Gasteiger partial charge in [0.05, 0.1) is 0 Å². The Labute approximate surface area is 105 Å². The zero-order valence-corrected chi connectivity index (χ0v) is 9.83. The van der Waals surface area contributed by atoms with Gasteiger partial charge < -0.3 is 14.6 Å². The first-order chi connectivity index (χ1) is 8.74. The number of aliphatic carboxylic acids is 1. The molecule has 0 amide bonds. The van der Waals surface area contributed by atoms with Crippen LogP contribution in [0.2, 0.25) is 0 Å². The van der Waals surface area contributed by atoms with E-state index < -0.39 is 5.97 Å². The fourth-order valence-electron chi connectivity index (χ4n) is 1.66. The summed E-state index contributed by atoms with van der Waals surface area (Å²) in [6.45, 7) is 0. The third-order valence-electron chi connectivity index (χ3n) is 2.54. The van der Waals surface area contributed by atoms with Gasteiger partial charge in [-0.1, -0.05) is 23.8 Å². The van der Waals surface area contributed by atoms with Crippen molar-refractivity contribution in [3.63, 3.8) is 0 Å².